The SMILES string of the molecule is O=C(CSc1ccccc1C(=O)NC1CCC(O)CC1)NC12CC3CC(CC(C3)C1)C2. The lowest BCUT2D eigenvalue weighted by Crippen LogP contribution is -2.60. The van der Waals surface area contributed by atoms with Crippen molar-refractivity contribution in [2.24, 2.45) is 17.8 Å². The molecular formula is C25H34N2O3S. The molecule has 0 spiro atoms. The number of hydrogen-bond acceptors (Lipinski definition) is 4. The van der Waals surface area contributed by atoms with Gasteiger partial charge in [-0.15, -0.1) is 11.8 Å². The second-order valence-corrected chi connectivity index (χ2v) is 11.5. The molecular weight excluding hydrogens is 408 g/mol. The smallest absolute Gasteiger partial charge is 0.252 e. The van der Waals surface area contributed by atoms with E-state index >= 15 is 0 Å². The molecule has 2 amide bonds. The van der Waals surface area contributed by atoms with Crippen molar-refractivity contribution in [3.8, 4) is 0 Å². The Morgan fingerprint density at radius 1 is 0.968 bits per heavy atom. The number of carbonyl (C=O) groups excluding carboxylic acids is 2. The van der Waals surface area contributed by atoms with Gasteiger partial charge in [0.1, 0.15) is 0 Å². The Bertz CT molecular complexity index is 799. The van der Waals surface area contributed by atoms with Gasteiger partial charge in [0.2, 0.25) is 5.91 Å². The summed E-state index contributed by atoms with van der Waals surface area (Å²) in [6, 6.07) is 7.69. The summed E-state index contributed by atoms with van der Waals surface area (Å²) in [6.07, 6.45) is 10.5. The predicted octanol–water partition coefficient (Wildman–Crippen LogP) is 3.90. The summed E-state index contributed by atoms with van der Waals surface area (Å²) in [5.74, 6) is 2.80. The highest BCUT2D eigenvalue weighted by Crippen LogP contribution is 2.55. The second-order valence-electron chi connectivity index (χ2n) is 10.5. The average molecular weight is 443 g/mol. The molecule has 0 saturated heterocycles. The van der Waals surface area contributed by atoms with Crippen molar-refractivity contribution in [3.63, 3.8) is 0 Å². The Morgan fingerprint density at radius 2 is 1.58 bits per heavy atom. The normalized spacial score (nSPS) is 36.2. The zero-order valence-electron chi connectivity index (χ0n) is 18.1. The minimum atomic E-state index is -0.233. The topological polar surface area (TPSA) is 78.4 Å². The molecule has 0 atom stereocenters. The van der Waals surface area contributed by atoms with Crippen molar-refractivity contribution in [2.45, 2.75) is 86.8 Å². The van der Waals surface area contributed by atoms with Gasteiger partial charge in [0.05, 0.1) is 17.4 Å². The third-order valence-electron chi connectivity index (χ3n) is 7.97. The number of thioether (sulfide) groups is 1. The molecule has 3 N–H and O–H groups in total. The van der Waals surface area contributed by atoms with Crippen molar-refractivity contribution >= 4 is 23.6 Å². The highest BCUT2D eigenvalue weighted by molar-refractivity contribution is 8.00. The molecule has 0 aliphatic heterocycles. The standard InChI is InChI=1S/C25H34N2O3S/c28-20-7-5-19(6-8-20)26-24(30)21-3-1-2-4-22(21)31-15-23(29)27-25-12-16-9-17(13-25)11-18(10-16)14-25/h1-4,16-20,28H,5-15H2,(H,26,30)(H,27,29). The maximum Gasteiger partial charge on any atom is 0.252 e. The van der Waals surface area contributed by atoms with Gasteiger partial charge in [0, 0.05) is 16.5 Å². The summed E-state index contributed by atoms with van der Waals surface area (Å²) < 4.78 is 0. The monoisotopic (exact) mass is 442 g/mol. The zero-order chi connectivity index (χ0) is 21.4. The van der Waals surface area contributed by atoms with Crippen LogP contribution in [0.25, 0.3) is 0 Å². The minimum Gasteiger partial charge on any atom is -0.393 e. The fourth-order valence-corrected chi connectivity index (χ4v) is 7.85. The van der Waals surface area contributed by atoms with Crippen molar-refractivity contribution in [2.75, 3.05) is 5.75 Å². The van der Waals surface area contributed by atoms with Crippen LogP contribution < -0.4 is 10.6 Å². The van der Waals surface area contributed by atoms with Crippen molar-refractivity contribution in [1.82, 2.24) is 10.6 Å². The van der Waals surface area contributed by atoms with Crippen molar-refractivity contribution in [1.29, 1.82) is 0 Å². The third-order valence-corrected chi connectivity index (χ3v) is 9.04. The Hall–Kier alpha value is -1.53. The Balaban J connectivity index is 1.17. The highest BCUT2D eigenvalue weighted by atomic mass is 32.2. The maximum absolute atomic E-state index is 12.9. The van der Waals surface area contributed by atoms with Crippen LogP contribution in [0.2, 0.25) is 0 Å². The van der Waals surface area contributed by atoms with E-state index in [0.29, 0.717) is 11.3 Å². The molecule has 31 heavy (non-hydrogen) atoms. The van der Waals surface area contributed by atoms with Crippen LogP contribution in [0.3, 0.4) is 0 Å². The Morgan fingerprint density at radius 3 is 2.23 bits per heavy atom. The molecule has 0 unspecified atom stereocenters. The number of nitrogens with one attached hydrogen (secondary N) is 2. The van der Waals surface area contributed by atoms with E-state index in [4.69, 9.17) is 0 Å². The maximum atomic E-state index is 12.9. The van der Waals surface area contributed by atoms with E-state index in [1.165, 1.54) is 31.0 Å². The summed E-state index contributed by atoms with van der Waals surface area (Å²) >= 11 is 1.46. The molecule has 1 aromatic carbocycles. The van der Waals surface area contributed by atoms with E-state index in [9.17, 15) is 14.7 Å². The quantitative estimate of drug-likeness (QED) is 0.584. The van der Waals surface area contributed by atoms with Gasteiger partial charge >= 0.3 is 0 Å². The first-order chi connectivity index (χ1) is 15.0. The molecule has 0 radical (unpaired) electrons. The van der Waals surface area contributed by atoms with Gasteiger partial charge in [-0.1, -0.05) is 12.1 Å². The molecule has 1 aromatic rings. The van der Waals surface area contributed by atoms with Gasteiger partial charge in [-0.25, -0.2) is 0 Å². The largest absolute Gasteiger partial charge is 0.393 e. The average Bonchev–Trinajstić information content (AvgIpc) is 2.73. The number of amides is 2. The fourth-order valence-electron chi connectivity index (χ4n) is 7.00. The molecule has 0 heterocycles. The van der Waals surface area contributed by atoms with Gasteiger partial charge in [0.15, 0.2) is 0 Å². The summed E-state index contributed by atoms with van der Waals surface area (Å²) in [7, 11) is 0. The molecule has 6 heteroatoms. The van der Waals surface area contributed by atoms with E-state index in [1.54, 1.807) is 0 Å². The van der Waals surface area contributed by atoms with Crippen molar-refractivity contribution < 1.29 is 14.7 Å². The first kappa shape index (κ1) is 21.3. The molecule has 5 saturated carbocycles. The minimum absolute atomic E-state index is 0.0365. The van der Waals surface area contributed by atoms with E-state index < -0.39 is 0 Å². The molecule has 6 rings (SSSR count). The third kappa shape index (κ3) is 4.80. The second kappa shape index (κ2) is 8.78. The van der Waals surface area contributed by atoms with E-state index in [-0.39, 0.29) is 29.5 Å². The van der Waals surface area contributed by atoms with Gasteiger partial charge < -0.3 is 15.7 Å². The molecule has 5 fully saturated rings. The number of benzene rings is 1. The highest BCUT2D eigenvalue weighted by Gasteiger charge is 2.51. The zero-order valence-corrected chi connectivity index (χ0v) is 19.0. The Labute approximate surface area is 189 Å². The van der Waals surface area contributed by atoms with Crippen LogP contribution in [-0.4, -0.2) is 40.4 Å². The number of hydrogen-bond donors (Lipinski definition) is 3. The lowest BCUT2D eigenvalue weighted by atomic mass is 9.53. The summed E-state index contributed by atoms with van der Waals surface area (Å²) in [4.78, 5) is 26.6. The molecule has 5 aliphatic rings. The molecule has 4 bridgehead atoms. The van der Waals surface area contributed by atoms with Crippen LogP contribution in [0.4, 0.5) is 0 Å². The van der Waals surface area contributed by atoms with Crippen LogP contribution in [-0.2, 0) is 4.79 Å². The lowest BCUT2D eigenvalue weighted by Gasteiger charge is -2.56. The summed E-state index contributed by atoms with van der Waals surface area (Å²) in [5.41, 5.74) is 0.677. The van der Waals surface area contributed by atoms with Gasteiger partial charge in [-0.05, 0) is 94.1 Å². The van der Waals surface area contributed by atoms with E-state index in [2.05, 4.69) is 10.6 Å². The predicted molar refractivity (Wildman–Crippen MR) is 122 cm³/mol. The Kier molecular flexibility index (Phi) is 6.04. The molecule has 5 nitrogen and oxygen atoms in total. The number of carbonyl (C=O) groups is 2. The van der Waals surface area contributed by atoms with Gasteiger partial charge in [0.25, 0.3) is 5.91 Å². The van der Waals surface area contributed by atoms with E-state index in [1.807, 2.05) is 24.3 Å². The molecule has 168 valence electrons. The first-order valence-electron chi connectivity index (χ1n) is 12.0. The number of aliphatic hydroxyl groups is 1. The van der Waals surface area contributed by atoms with Gasteiger partial charge in [-0.3, -0.25) is 9.59 Å². The molecule has 0 aromatic heterocycles. The van der Waals surface area contributed by atoms with Crippen LogP contribution in [0.1, 0.15) is 74.6 Å². The van der Waals surface area contributed by atoms with Gasteiger partial charge in [-0.2, -0.15) is 0 Å². The van der Waals surface area contributed by atoms with Crippen LogP contribution in [0.15, 0.2) is 29.2 Å². The fraction of sp³-hybridized carbons (Fsp3) is 0.680. The lowest BCUT2D eigenvalue weighted by molar-refractivity contribution is -0.124. The number of rotatable bonds is 6. The first-order valence-corrected chi connectivity index (χ1v) is 13.0. The van der Waals surface area contributed by atoms with Crippen LogP contribution in [0.5, 0.6) is 0 Å². The molecule has 5 aliphatic carbocycles. The van der Waals surface area contributed by atoms with Crippen LogP contribution in [0, 0.1) is 17.8 Å². The summed E-state index contributed by atoms with van der Waals surface area (Å²) in [5, 5.41) is 16.2. The van der Waals surface area contributed by atoms with E-state index in [0.717, 1.165) is 67.6 Å². The number of aliphatic hydroxyl groups excluding tert-OH is 1. The van der Waals surface area contributed by atoms with Crippen LogP contribution >= 0.6 is 11.8 Å². The van der Waals surface area contributed by atoms with Crippen molar-refractivity contribution in [3.05, 3.63) is 29.8 Å². The summed E-state index contributed by atoms with van der Waals surface area (Å²) in [6.45, 7) is 0.